The molecule has 0 radical (unpaired) electrons. The molecule has 0 aliphatic heterocycles. The van der Waals surface area contributed by atoms with Gasteiger partial charge in [0.15, 0.2) is 0 Å². The van der Waals surface area contributed by atoms with Crippen molar-refractivity contribution in [2.45, 2.75) is 13.1 Å². The minimum absolute atomic E-state index is 0.0770. The smallest absolute Gasteiger partial charge is 0.340 e. The van der Waals surface area contributed by atoms with Crippen molar-refractivity contribution in [2.24, 2.45) is 0 Å². The molecule has 0 unspecified atom stereocenters. The summed E-state index contributed by atoms with van der Waals surface area (Å²) in [5.74, 6) is 0.498. The maximum atomic E-state index is 13.1. The van der Waals surface area contributed by atoms with Crippen LogP contribution < -0.4 is 10.6 Å². The number of hydrogen-bond acceptors (Lipinski definition) is 4. The molecule has 134 valence electrons. The summed E-state index contributed by atoms with van der Waals surface area (Å²) in [6.07, 6.45) is -4.46. The van der Waals surface area contributed by atoms with Crippen molar-refractivity contribution in [2.75, 3.05) is 10.6 Å². The van der Waals surface area contributed by atoms with Gasteiger partial charge >= 0.3 is 6.18 Å². The molecule has 0 bridgehead atoms. The number of hydrogen-bond donors (Lipinski definition) is 2. The number of anilines is 4. The van der Waals surface area contributed by atoms with Crippen LogP contribution in [0.3, 0.4) is 0 Å². The highest BCUT2D eigenvalue weighted by Gasteiger charge is 2.33. The van der Waals surface area contributed by atoms with Gasteiger partial charge in [-0.2, -0.15) is 18.2 Å². The molecule has 4 nitrogen and oxygen atoms in total. The van der Waals surface area contributed by atoms with Crippen LogP contribution in [0.5, 0.6) is 0 Å². The Morgan fingerprint density at radius 1 is 0.923 bits per heavy atom. The molecule has 0 saturated heterocycles. The van der Waals surface area contributed by atoms with Gasteiger partial charge in [0.05, 0.1) is 11.3 Å². The molecule has 0 amide bonds. The topological polar surface area (TPSA) is 49.8 Å². The van der Waals surface area contributed by atoms with Crippen molar-refractivity contribution in [1.29, 1.82) is 0 Å². The van der Waals surface area contributed by atoms with Crippen LogP contribution >= 0.6 is 11.6 Å². The molecule has 3 aromatic rings. The Morgan fingerprint density at radius 3 is 2.42 bits per heavy atom. The fourth-order valence-electron chi connectivity index (χ4n) is 2.36. The molecule has 8 heteroatoms. The van der Waals surface area contributed by atoms with E-state index in [1.807, 2.05) is 0 Å². The molecule has 2 aromatic carbocycles. The van der Waals surface area contributed by atoms with Crippen molar-refractivity contribution in [1.82, 2.24) is 9.97 Å². The Kier molecular flexibility index (Phi) is 4.99. The molecular weight excluding hydrogens is 365 g/mol. The van der Waals surface area contributed by atoms with Gasteiger partial charge in [-0.1, -0.05) is 29.8 Å². The SMILES string of the molecule is Cc1cc(Nc2ccccc2C(F)(F)F)nc(Nc2cccc(Cl)c2)n1. The molecule has 2 N–H and O–H groups in total. The number of rotatable bonds is 4. The van der Waals surface area contributed by atoms with Crippen molar-refractivity contribution in [3.63, 3.8) is 0 Å². The lowest BCUT2D eigenvalue weighted by atomic mass is 10.1. The number of para-hydroxylation sites is 1. The first-order chi connectivity index (χ1) is 12.3. The van der Waals surface area contributed by atoms with Crippen LogP contribution in [0.1, 0.15) is 11.3 Å². The van der Waals surface area contributed by atoms with E-state index in [1.54, 1.807) is 37.3 Å². The molecular formula is C18H14ClF3N4. The van der Waals surface area contributed by atoms with Crippen LogP contribution in [0.2, 0.25) is 5.02 Å². The summed E-state index contributed by atoms with van der Waals surface area (Å²) in [4.78, 5) is 8.48. The quantitative estimate of drug-likeness (QED) is 0.589. The van der Waals surface area contributed by atoms with E-state index in [4.69, 9.17) is 11.6 Å². The zero-order valence-corrected chi connectivity index (χ0v) is 14.4. The van der Waals surface area contributed by atoms with Crippen LogP contribution in [-0.2, 0) is 6.18 Å². The highest BCUT2D eigenvalue weighted by atomic mass is 35.5. The first-order valence-electron chi connectivity index (χ1n) is 7.63. The van der Waals surface area contributed by atoms with Crippen molar-refractivity contribution in [3.8, 4) is 0 Å². The van der Waals surface area contributed by atoms with E-state index in [0.29, 0.717) is 16.4 Å². The third-order valence-corrected chi connectivity index (χ3v) is 3.67. The average molecular weight is 379 g/mol. The standard InChI is InChI=1S/C18H14ClF3N4/c1-11-9-16(25-15-8-3-2-7-14(15)18(20,21)22)26-17(23-11)24-13-6-4-5-12(19)10-13/h2-10H,1H3,(H2,23,24,25,26). The molecule has 0 atom stereocenters. The lowest BCUT2D eigenvalue weighted by molar-refractivity contribution is -0.136. The van der Waals surface area contributed by atoms with Crippen LogP contribution in [0.25, 0.3) is 0 Å². The third kappa shape index (κ3) is 4.43. The lowest BCUT2D eigenvalue weighted by Crippen LogP contribution is -2.09. The van der Waals surface area contributed by atoms with E-state index in [0.717, 1.165) is 6.07 Å². The van der Waals surface area contributed by atoms with Gasteiger partial charge in [0, 0.05) is 22.5 Å². The molecule has 0 aliphatic carbocycles. The number of benzene rings is 2. The van der Waals surface area contributed by atoms with Crippen LogP contribution in [0.4, 0.5) is 36.3 Å². The summed E-state index contributed by atoms with van der Waals surface area (Å²) in [5.41, 5.74) is 0.425. The first-order valence-corrected chi connectivity index (χ1v) is 8.00. The van der Waals surface area contributed by atoms with Gasteiger partial charge < -0.3 is 10.6 Å². The van der Waals surface area contributed by atoms with E-state index >= 15 is 0 Å². The molecule has 26 heavy (non-hydrogen) atoms. The number of nitrogens with zero attached hydrogens (tertiary/aromatic N) is 2. The fourth-order valence-corrected chi connectivity index (χ4v) is 2.55. The highest BCUT2D eigenvalue weighted by Crippen LogP contribution is 2.35. The second-order valence-electron chi connectivity index (χ2n) is 5.52. The summed E-state index contributed by atoms with van der Waals surface area (Å²) in [5, 5.41) is 6.25. The van der Waals surface area contributed by atoms with Crippen molar-refractivity contribution in [3.05, 3.63) is 70.9 Å². The van der Waals surface area contributed by atoms with E-state index < -0.39 is 11.7 Å². The summed E-state index contributed by atoms with van der Waals surface area (Å²) in [7, 11) is 0. The molecule has 0 fully saturated rings. The van der Waals surface area contributed by atoms with Crippen LogP contribution in [0.15, 0.2) is 54.6 Å². The Bertz CT molecular complexity index is 928. The minimum atomic E-state index is -4.46. The van der Waals surface area contributed by atoms with Gasteiger partial charge in [-0.25, -0.2) is 4.98 Å². The summed E-state index contributed by atoms with van der Waals surface area (Å²) in [6, 6.07) is 13.8. The number of alkyl halides is 3. The molecule has 1 aromatic heterocycles. The van der Waals surface area contributed by atoms with Gasteiger partial charge in [0.1, 0.15) is 5.82 Å². The third-order valence-electron chi connectivity index (χ3n) is 3.43. The van der Waals surface area contributed by atoms with E-state index in [-0.39, 0.29) is 17.5 Å². The van der Waals surface area contributed by atoms with E-state index in [9.17, 15) is 13.2 Å². The average Bonchev–Trinajstić information content (AvgIpc) is 2.54. The van der Waals surface area contributed by atoms with Gasteiger partial charge in [0.2, 0.25) is 5.95 Å². The molecule has 1 heterocycles. The number of aryl methyl sites for hydroxylation is 1. The Hall–Kier alpha value is -2.80. The zero-order chi connectivity index (χ0) is 18.7. The largest absolute Gasteiger partial charge is 0.418 e. The highest BCUT2D eigenvalue weighted by molar-refractivity contribution is 6.30. The summed E-state index contributed by atoms with van der Waals surface area (Å²) >= 11 is 5.94. The Labute approximate surface area is 153 Å². The van der Waals surface area contributed by atoms with E-state index in [1.165, 1.54) is 18.2 Å². The predicted molar refractivity (Wildman–Crippen MR) is 96.2 cm³/mol. The molecule has 0 saturated carbocycles. The first kappa shape index (κ1) is 18.0. The maximum absolute atomic E-state index is 13.1. The van der Waals surface area contributed by atoms with Crippen molar-refractivity contribution >= 4 is 34.7 Å². The van der Waals surface area contributed by atoms with Gasteiger partial charge in [-0.15, -0.1) is 0 Å². The number of halogens is 4. The molecule has 0 spiro atoms. The fraction of sp³-hybridized carbons (Fsp3) is 0.111. The lowest BCUT2D eigenvalue weighted by Gasteiger charge is -2.15. The predicted octanol–water partition coefficient (Wildman–Crippen LogP) is 5.94. The summed E-state index contributed by atoms with van der Waals surface area (Å²) in [6.45, 7) is 1.73. The van der Waals surface area contributed by atoms with Crippen molar-refractivity contribution < 1.29 is 13.2 Å². The molecule has 0 aliphatic rings. The van der Waals surface area contributed by atoms with Gasteiger partial charge in [-0.05, 0) is 37.3 Å². The van der Waals surface area contributed by atoms with E-state index in [2.05, 4.69) is 20.6 Å². The maximum Gasteiger partial charge on any atom is 0.418 e. The second kappa shape index (κ2) is 7.21. The van der Waals surface area contributed by atoms with Crippen LogP contribution in [0, 0.1) is 6.92 Å². The van der Waals surface area contributed by atoms with Crippen LogP contribution in [-0.4, -0.2) is 9.97 Å². The van der Waals surface area contributed by atoms with Gasteiger partial charge in [0.25, 0.3) is 0 Å². The number of aromatic nitrogens is 2. The second-order valence-corrected chi connectivity index (χ2v) is 5.96. The normalized spacial score (nSPS) is 11.3. The van der Waals surface area contributed by atoms with Gasteiger partial charge in [-0.3, -0.25) is 0 Å². The minimum Gasteiger partial charge on any atom is -0.340 e. The Morgan fingerprint density at radius 2 is 1.69 bits per heavy atom. The summed E-state index contributed by atoms with van der Waals surface area (Å²) < 4.78 is 39.4. The Balaban J connectivity index is 1.89. The zero-order valence-electron chi connectivity index (χ0n) is 13.6. The monoisotopic (exact) mass is 378 g/mol. The molecule has 3 rings (SSSR count). The number of nitrogens with one attached hydrogen (secondary N) is 2.